The lowest BCUT2D eigenvalue weighted by Gasteiger charge is -2.28. The van der Waals surface area contributed by atoms with E-state index in [1.54, 1.807) is 6.08 Å². The molecule has 5 N–H and O–H groups in total. The van der Waals surface area contributed by atoms with Crippen molar-refractivity contribution in [1.29, 1.82) is 0 Å². The zero-order chi connectivity index (χ0) is 24.2. The van der Waals surface area contributed by atoms with E-state index >= 15 is 0 Å². The van der Waals surface area contributed by atoms with E-state index in [9.17, 15) is 24.9 Å². The lowest BCUT2D eigenvalue weighted by atomic mass is 9.94. The van der Waals surface area contributed by atoms with Gasteiger partial charge in [-0.1, -0.05) is 46.8 Å². The van der Waals surface area contributed by atoms with Crippen molar-refractivity contribution in [3.63, 3.8) is 0 Å². The number of nitrogens with one attached hydrogen (secondary N) is 2. The highest BCUT2D eigenvalue weighted by atomic mass is 16.5. The Balaban J connectivity index is 4.62. The minimum atomic E-state index is -1.70. The van der Waals surface area contributed by atoms with Gasteiger partial charge < -0.3 is 35.4 Å². The summed E-state index contributed by atoms with van der Waals surface area (Å²) in [4.78, 5) is 24.6. The van der Waals surface area contributed by atoms with Crippen LogP contribution in [0.5, 0.6) is 0 Å². The van der Waals surface area contributed by atoms with E-state index in [0.29, 0.717) is 32.1 Å². The van der Waals surface area contributed by atoms with Crippen LogP contribution in [0.3, 0.4) is 0 Å². The van der Waals surface area contributed by atoms with Crippen LogP contribution in [-0.4, -0.2) is 84.5 Å². The van der Waals surface area contributed by atoms with E-state index in [4.69, 9.17) is 9.47 Å². The van der Waals surface area contributed by atoms with Gasteiger partial charge in [-0.15, -0.1) is 0 Å². The molecule has 0 aromatic heterocycles. The molecule has 0 fully saturated rings. The van der Waals surface area contributed by atoms with Crippen LogP contribution in [0.25, 0.3) is 0 Å². The first kappa shape index (κ1) is 29.5. The van der Waals surface area contributed by atoms with E-state index in [2.05, 4.69) is 24.5 Å². The van der Waals surface area contributed by atoms with Gasteiger partial charge in [-0.2, -0.15) is 0 Å². The molecule has 0 unspecified atom stereocenters. The third-order valence-electron chi connectivity index (χ3n) is 4.28. The van der Waals surface area contributed by atoms with Crippen LogP contribution in [0.2, 0.25) is 0 Å². The Morgan fingerprint density at radius 3 is 2.16 bits per heavy atom. The first-order valence-electron chi connectivity index (χ1n) is 10.7. The maximum Gasteiger partial charge on any atom is 0.252 e. The Morgan fingerprint density at radius 2 is 1.65 bits per heavy atom. The van der Waals surface area contributed by atoms with Crippen LogP contribution < -0.4 is 10.6 Å². The highest BCUT2D eigenvalue weighted by Gasteiger charge is 2.36. The average Bonchev–Trinajstić information content (AvgIpc) is 2.67. The molecule has 2 amide bonds. The lowest BCUT2D eigenvalue weighted by Crippen LogP contribution is -2.55. The van der Waals surface area contributed by atoms with Crippen LogP contribution >= 0.6 is 0 Å². The van der Waals surface area contributed by atoms with Crippen molar-refractivity contribution in [2.24, 2.45) is 11.3 Å². The van der Waals surface area contributed by atoms with Gasteiger partial charge in [-0.25, -0.2) is 0 Å². The quantitative estimate of drug-likeness (QED) is 0.192. The molecule has 9 heteroatoms. The number of carbonyl (C=O) groups is 2. The minimum Gasteiger partial charge on any atom is -0.387 e. The Labute approximate surface area is 186 Å². The van der Waals surface area contributed by atoms with Crippen molar-refractivity contribution in [2.75, 3.05) is 26.9 Å². The van der Waals surface area contributed by atoms with Crippen molar-refractivity contribution in [3.05, 3.63) is 12.2 Å². The molecule has 0 aliphatic heterocycles. The highest BCUT2D eigenvalue weighted by Crippen LogP contribution is 2.17. The second-order valence-electron chi connectivity index (χ2n) is 9.20. The van der Waals surface area contributed by atoms with Gasteiger partial charge >= 0.3 is 0 Å². The maximum absolute atomic E-state index is 12.4. The fraction of sp³-hybridized carbons (Fsp3) is 0.818. The molecule has 0 spiro atoms. The molecule has 0 saturated carbocycles. The number of methoxy groups -OCH3 is 1. The van der Waals surface area contributed by atoms with Crippen molar-refractivity contribution in [3.8, 4) is 0 Å². The topological polar surface area (TPSA) is 137 Å². The average molecular weight is 447 g/mol. The first-order valence-corrected chi connectivity index (χ1v) is 10.7. The Bertz CT molecular complexity index is 561. The van der Waals surface area contributed by atoms with Gasteiger partial charge in [-0.3, -0.25) is 9.59 Å². The highest BCUT2D eigenvalue weighted by molar-refractivity contribution is 5.89. The zero-order valence-electron chi connectivity index (χ0n) is 19.9. The number of hydrogen-bond acceptors (Lipinski definition) is 7. The fourth-order valence-corrected chi connectivity index (χ4v) is 2.50. The number of hydrogen-bond donors (Lipinski definition) is 5. The van der Waals surface area contributed by atoms with Gasteiger partial charge in [0.05, 0.1) is 0 Å². The summed E-state index contributed by atoms with van der Waals surface area (Å²) in [6.45, 7) is 12.9. The predicted octanol–water partition coefficient (Wildman–Crippen LogP) is 0.370. The fourth-order valence-electron chi connectivity index (χ4n) is 2.50. The molecule has 0 aliphatic rings. The van der Waals surface area contributed by atoms with Crippen LogP contribution in [0.4, 0.5) is 0 Å². The summed E-state index contributed by atoms with van der Waals surface area (Å²) in [6.07, 6.45) is -2.51. The standard InChI is InChI=1S/C22H42N2O7/c1-14(2)13-31-12-8-11-23-20(28)15(3)24-21(29)19(30-7)18(27)17(26)16(25)9-10-22(4,5)6/h9-10,14-19,25-27H,8,11-13H2,1-7H3,(H,23,28)(H,24,29)/b10-9+/t15-,16+,17-,18+,19+/m0/s1. The number of allylic oxidation sites excluding steroid dienone is 1. The summed E-state index contributed by atoms with van der Waals surface area (Å²) in [5, 5.41) is 35.7. The molecule has 9 nitrogen and oxygen atoms in total. The third-order valence-corrected chi connectivity index (χ3v) is 4.28. The second-order valence-corrected chi connectivity index (χ2v) is 9.20. The first-order chi connectivity index (χ1) is 14.3. The normalized spacial score (nSPS) is 17.3. The monoisotopic (exact) mass is 446 g/mol. The van der Waals surface area contributed by atoms with E-state index in [0.717, 1.165) is 0 Å². The molecule has 0 rings (SSSR count). The molecule has 0 aliphatic carbocycles. The van der Waals surface area contributed by atoms with Crippen LogP contribution in [0.1, 0.15) is 48.0 Å². The number of aliphatic hydroxyl groups excluding tert-OH is 3. The van der Waals surface area contributed by atoms with E-state index in [-0.39, 0.29) is 5.41 Å². The molecule has 31 heavy (non-hydrogen) atoms. The van der Waals surface area contributed by atoms with Gasteiger partial charge in [0, 0.05) is 26.9 Å². The Kier molecular flexibility index (Phi) is 13.8. The van der Waals surface area contributed by atoms with Gasteiger partial charge in [0.25, 0.3) is 5.91 Å². The summed E-state index contributed by atoms with van der Waals surface area (Å²) in [5.74, 6) is -0.720. The predicted molar refractivity (Wildman–Crippen MR) is 118 cm³/mol. The van der Waals surface area contributed by atoms with Crippen molar-refractivity contribution >= 4 is 11.8 Å². The third kappa shape index (κ3) is 12.8. The molecule has 182 valence electrons. The molecular weight excluding hydrogens is 404 g/mol. The van der Waals surface area contributed by atoms with Gasteiger partial charge in [0.1, 0.15) is 24.4 Å². The summed E-state index contributed by atoms with van der Waals surface area (Å²) in [7, 11) is 1.19. The van der Waals surface area contributed by atoms with Crippen LogP contribution in [0, 0.1) is 11.3 Å². The van der Waals surface area contributed by atoms with Crippen molar-refractivity contribution in [2.45, 2.75) is 78.4 Å². The van der Waals surface area contributed by atoms with Crippen molar-refractivity contribution < 1.29 is 34.4 Å². The summed E-state index contributed by atoms with van der Waals surface area (Å²) in [6, 6.07) is -0.878. The van der Waals surface area contributed by atoms with Gasteiger partial charge in [-0.05, 0) is 24.7 Å². The van der Waals surface area contributed by atoms with Crippen LogP contribution in [0.15, 0.2) is 12.2 Å². The molecular formula is C22H42N2O7. The lowest BCUT2D eigenvalue weighted by molar-refractivity contribution is -0.150. The Hall–Kier alpha value is -1.52. The number of aliphatic hydroxyl groups is 3. The summed E-state index contributed by atoms with van der Waals surface area (Å²) < 4.78 is 10.4. The zero-order valence-corrected chi connectivity index (χ0v) is 19.9. The number of amides is 2. The van der Waals surface area contributed by atoms with E-state index in [1.807, 2.05) is 20.8 Å². The number of rotatable bonds is 14. The van der Waals surface area contributed by atoms with Gasteiger partial charge in [0.15, 0.2) is 6.10 Å². The SMILES string of the molecule is CO[C@@H](C(=O)N[C@@H](C)C(=O)NCCCOCC(C)C)[C@H](O)[C@@H](O)[C@H](O)/C=C/C(C)(C)C. The second kappa shape index (κ2) is 14.5. The molecule has 0 saturated heterocycles. The maximum atomic E-state index is 12.4. The molecule has 5 atom stereocenters. The summed E-state index contributed by atoms with van der Waals surface area (Å²) >= 11 is 0. The van der Waals surface area contributed by atoms with Crippen molar-refractivity contribution in [1.82, 2.24) is 10.6 Å². The molecule has 0 heterocycles. The number of ether oxygens (including phenoxy) is 2. The largest absolute Gasteiger partial charge is 0.387 e. The minimum absolute atomic E-state index is 0.229. The van der Waals surface area contributed by atoms with E-state index in [1.165, 1.54) is 20.1 Å². The van der Waals surface area contributed by atoms with Gasteiger partial charge in [0.2, 0.25) is 5.91 Å². The smallest absolute Gasteiger partial charge is 0.252 e. The number of carbonyl (C=O) groups excluding carboxylic acids is 2. The Morgan fingerprint density at radius 1 is 1.03 bits per heavy atom. The molecule has 0 aromatic carbocycles. The van der Waals surface area contributed by atoms with Crippen LogP contribution in [-0.2, 0) is 19.1 Å². The molecule has 0 bridgehead atoms. The molecule has 0 aromatic rings. The molecule has 0 radical (unpaired) electrons. The van der Waals surface area contributed by atoms with E-state index < -0.39 is 42.3 Å². The summed E-state index contributed by atoms with van der Waals surface area (Å²) in [5.41, 5.74) is -0.229.